The third-order valence-corrected chi connectivity index (χ3v) is 9.41. The molecule has 18 heavy (non-hydrogen) atoms. The molecule has 1 fully saturated rings. The minimum Gasteiger partial charge on any atom is -0.403 e. The first kappa shape index (κ1) is 15.8. The van der Waals surface area contributed by atoms with Crippen molar-refractivity contribution in [1.82, 2.24) is 0 Å². The first-order valence-corrected chi connectivity index (χ1v) is 10.2. The second-order valence-electron chi connectivity index (χ2n) is 7.39. The van der Waals surface area contributed by atoms with Crippen molar-refractivity contribution in [2.75, 3.05) is 0 Å². The summed E-state index contributed by atoms with van der Waals surface area (Å²) in [5, 5.41) is 0.236. The van der Waals surface area contributed by atoms with E-state index in [1.54, 1.807) is 0 Å². The van der Waals surface area contributed by atoms with E-state index in [0.29, 0.717) is 11.8 Å². The third-order valence-electron chi connectivity index (χ3n) is 4.96. The molecule has 1 nitrogen and oxygen atoms in total. The molecule has 1 rings (SSSR count). The van der Waals surface area contributed by atoms with Gasteiger partial charge in [-0.2, -0.15) is 0 Å². The summed E-state index contributed by atoms with van der Waals surface area (Å²) >= 11 is 0. The molecule has 0 N–H and O–H groups in total. The Balaban J connectivity index is 2.76. The van der Waals surface area contributed by atoms with Crippen LogP contribution < -0.4 is 0 Å². The fourth-order valence-electron chi connectivity index (χ4n) is 2.53. The summed E-state index contributed by atoms with van der Waals surface area (Å²) in [4.78, 5) is 0. The average molecular weight is 267 g/mol. The molecule has 0 amide bonds. The molecule has 2 heteroatoms. The van der Waals surface area contributed by atoms with Crippen molar-refractivity contribution < 1.29 is 4.43 Å². The summed E-state index contributed by atoms with van der Waals surface area (Å²) < 4.78 is 6.46. The maximum Gasteiger partial charge on any atom is 0.193 e. The molecule has 0 aromatic carbocycles. The second kappa shape index (κ2) is 5.80. The highest BCUT2D eigenvalue weighted by Gasteiger charge is 2.41. The molecular weight excluding hydrogens is 236 g/mol. The highest BCUT2D eigenvalue weighted by atomic mass is 28.4. The fraction of sp³-hybridized carbons (Fsp3) is 0.875. The molecule has 0 aromatic heterocycles. The van der Waals surface area contributed by atoms with E-state index < -0.39 is 8.32 Å². The average Bonchev–Trinajstić information content (AvgIpc) is 2.25. The van der Waals surface area contributed by atoms with Crippen molar-refractivity contribution in [3.05, 3.63) is 0 Å². The lowest BCUT2D eigenvalue weighted by Crippen LogP contribution is -2.46. The van der Waals surface area contributed by atoms with Gasteiger partial charge in [-0.25, -0.2) is 0 Å². The summed E-state index contributed by atoms with van der Waals surface area (Å²) in [7, 11) is -1.75. The zero-order valence-electron chi connectivity index (χ0n) is 13.0. The van der Waals surface area contributed by atoms with Crippen molar-refractivity contribution >= 4 is 8.32 Å². The quantitative estimate of drug-likeness (QED) is 0.525. The van der Waals surface area contributed by atoms with Crippen LogP contribution in [0, 0.1) is 24.2 Å². The van der Waals surface area contributed by atoms with Gasteiger partial charge in [0.25, 0.3) is 0 Å². The lowest BCUT2D eigenvalue weighted by molar-refractivity contribution is 0.102. The molecule has 0 aliphatic heterocycles. The Morgan fingerprint density at radius 2 is 1.78 bits per heavy atom. The molecular formula is C16H30OSi. The van der Waals surface area contributed by atoms with Gasteiger partial charge < -0.3 is 4.43 Å². The summed E-state index contributed by atoms with van der Waals surface area (Å²) in [6, 6.07) is 0. The smallest absolute Gasteiger partial charge is 0.193 e. The van der Waals surface area contributed by atoms with Gasteiger partial charge in [-0.15, -0.1) is 6.42 Å². The van der Waals surface area contributed by atoms with Crippen molar-refractivity contribution in [1.29, 1.82) is 0 Å². The van der Waals surface area contributed by atoms with E-state index in [9.17, 15) is 0 Å². The largest absolute Gasteiger partial charge is 0.403 e. The lowest BCUT2D eigenvalue weighted by atomic mass is 9.77. The van der Waals surface area contributed by atoms with E-state index in [-0.39, 0.29) is 11.1 Å². The van der Waals surface area contributed by atoms with E-state index in [2.05, 4.69) is 46.7 Å². The van der Waals surface area contributed by atoms with Crippen LogP contribution in [0.2, 0.25) is 18.1 Å². The molecule has 0 saturated heterocycles. The van der Waals surface area contributed by atoms with Gasteiger partial charge in [0.15, 0.2) is 8.32 Å². The predicted octanol–water partition coefficient (Wildman–Crippen LogP) is 4.84. The normalized spacial score (nSPS) is 27.6. The molecule has 3 atom stereocenters. The molecule has 1 saturated carbocycles. The van der Waals surface area contributed by atoms with Crippen LogP contribution >= 0.6 is 0 Å². The second-order valence-corrected chi connectivity index (χ2v) is 12.1. The molecule has 0 heterocycles. The highest BCUT2D eigenvalue weighted by molar-refractivity contribution is 6.74. The molecule has 0 bridgehead atoms. The Labute approximate surface area is 115 Å². The van der Waals surface area contributed by atoms with Crippen LogP contribution in [0.15, 0.2) is 0 Å². The standard InChI is InChI=1S/C16H30OSi/c1-8-15(14-12-10-9-11-13(14)2)17-18(6,7)16(3,4)5/h1,13-15H,9-12H2,2-7H3/t13?,14?,15-/m1/s1. The predicted molar refractivity (Wildman–Crippen MR) is 82.0 cm³/mol. The molecule has 0 radical (unpaired) electrons. The van der Waals surface area contributed by atoms with E-state index in [0.717, 1.165) is 0 Å². The van der Waals surface area contributed by atoms with Gasteiger partial charge in [0.1, 0.15) is 6.10 Å². The van der Waals surface area contributed by atoms with E-state index in [1.165, 1.54) is 25.7 Å². The maximum atomic E-state index is 6.46. The van der Waals surface area contributed by atoms with Crippen LogP contribution in [-0.2, 0) is 4.43 Å². The summed E-state index contributed by atoms with van der Waals surface area (Å²) in [6.07, 6.45) is 11.0. The van der Waals surface area contributed by atoms with Crippen LogP contribution in [0.5, 0.6) is 0 Å². The van der Waals surface area contributed by atoms with E-state index in [4.69, 9.17) is 10.8 Å². The van der Waals surface area contributed by atoms with E-state index >= 15 is 0 Å². The van der Waals surface area contributed by atoms with Crippen LogP contribution in [0.3, 0.4) is 0 Å². The minimum atomic E-state index is -1.75. The van der Waals surface area contributed by atoms with Crippen LogP contribution in [0.25, 0.3) is 0 Å². The molecule has 2 unspecified atom stereocenters. The Hall–Kier alpha value is -0.263. The zero-order chi connectivity index (χ0) is 14.0. The number of hydrogen-bond acceptors (Lipinski definition) is 1. The van der Waals surface area contributed by atoms with Crippen LogP contribution in [0.1, 0.15) is 53.4 Å². The van der Waals surface area contributed by atoms with Crippen molar-refractivity contribution in [2.24, 2.45) is 11.8 Å². The molecule has 0 aromatic rings. The highest BCUT2D eigenvalue weighted by Crippen LogP contribution is 2.40. The lowest BCUT2D eigenvalue weighted by Gasteiger charge is -2.42. The molecule has 1 aliphatic carbocycles. The summed E-state index contributed by atoms with van der Waals surface area (Å²) in [5.74, 6) is 4.22. The third kappa shape index (κ3) is 3.62. The Bertz CT molecular complexity index is 308. The number of terminal acetylenes is 1. The van der Waals surface area contributed by atoms with Gasteiger partial charge in [0.2, 0.25) is 0 Å². The van der Waals surface area contributed by atoms with Crippen molar-refractivity contribution in [2.45, 2.75) is 77.6 Å². The van der Waals surface area contributed by atoms with Crippen molar-refractivity contribution in [3.63, 3.8) is 0 Å². The van der Waals surface area contributed by atoms with E-state index in [1.807, 2.05) is 0 Å². The monoisotopic (exact) mass is 266 g/mol. The molecule has 0 spiro atoms. The van der Waals surface area contributed by atoms with Gasteiger partial charge in [-0.1, -0.05) is 52.9 Å². The van der Waals surface area contributed by atoms with Crippen LogP contribution in [0.4, 0.5) is 0 Å². The Morgan fingerprint density at radius 3 is 2.22 bits per heavy atom. The minimum absolute atomic E-state index is 0.0289. The Morgan fingerprint density at radius 1 is 1.22 bits per heavy atom. The van der Waals surface area contributed by atoms with Gasteiger partial charge in [-0.05, 0) is 36.4 Å². The van der Waals surface area contributed by atoms with Gasteiger partial charge in [-0.3, -0.25) is 0 Å². The van der Waals surface area contributed by atoms with Gasteiger partial charge >= 0.3 is 0 Å². The van der Waals surface area contributed by atoms with Crippen LogP contribution in [-0.4, -0.2) is 14.4 Å². The molecule has 104 valence electrons. The van der Waals surface area contributed by atoms with Crippen molar-refractivity contribution in [3.8, 4) is 12.3 Å². The summed E-state index contributed by atoms with van der Waals surface area (Å²) in [6.45, 7) is 13.8. The first-order chi connectivity index (χ1) is 8.19. The SMILES string of the molecule is C#C[C@@H](O[Si](C)(C)C(C)(C)C)C1CCCCC1C. The van der Waals surface area contributed by atoms with Gasteiger partial charge in [0.05, 0.1) is 0 Å². The molecule has 1 aliphatic rings. The summed E-state index contributed by atoms with van der Waals surface area (Å²) in [5.41, 5.74) is 0. The number of rotatable bonds is 3. The number of hydrogen-bond donors (Lipinski definition) is 0. The topological polar surface area (TPSA) is 9.23 Å². The fourth-order valence-corrected chi connectivity index (χ4v) is 3.77. The van der Waals surface area contributed by atoms with Gasteiger partial charge in [0, 0.05) is 0 Å². The zero-order valence-corrected chi connectivity index (χ0v) is 14.0. The Kier molecular flexibility index (Phi) is 5.09. The first-order valence-electron chi connectivity index (χ1n) is 7.33. The maximum absolute atomic E-state index is 6.46.